The van der Waals surface area contributed by atoms with Gasteiger partial charge in [0.25, 0.3) is 0 Å². The van der Waals surface area contributed by atoms with Crippen molar-refractivity contribution in [3.05, 3.63) is 218 Å². The van der Waals surface area contributed by atoms with Crippen LogP contribution in [-0.2, 0) is 0 Å². The highest BCUT2D eigenvalue weighted by Crippen LogP contribution is 2.42. The molecule has 0 aliphatic rings. The smallest absolute Gasteiger partial charge is 0.136 e. The van der Waals surface area contributed by atoms with Gasteiger partial charge in [-0.05, 0) is 117 Å². The number of anilines is 3. The van der Waals surface area contributed by atoms with Crippen molar-refractivity contribution in [3.63, 3.8) is 0 Å². The Morgan fingerprint density at radius 2 is 0.898 bits per heavy atom. The molecule has 0 radical (unpaired) electrons. The van der Waals surface area contributed by atoms with Crippen LogP contribution in [0, 0.1) is 0 Å². The number of benzene rings is 10. The summed E-state index contributed by atoms with van der Waals surface area (Å²) in [4.78, 5) is 2.37. The fourth-order valence-electron chi connectivity index (χ4n) is 9.21. The highest BCUT2D eigenvalue weighted by atomic mass is 16.3. The summed E-state index contributed by atoms with van der Waals surface area (Å²) in [6.45, 7) is 0. The van der Waals surface area contributed by atoms with E-state index in [1.165, 1.54) is 48.9 Å². The number of para-hydroxylation sites is 3. The summed E-state index contributed by atoms with van der Waals surface area (Å²) >= 11 is 0. The molecule has 2 heterocycles. The second-order valence-electron chi connectivity index (χ2n) is 15.3. The molecule has 276 valence electrons. The lowest BCUT2D eigenvalue weighted by molar-refractivity contribution is 0.669. The summed E-state index contributed by atoms with van der Waals surface area (Å²) in [6.07, 6.45) is 0. The van der Waals surface area contributed by atoms with Crippen molar-refractivity contribution < 1.29 is 4.42 Å². The second-order valence-corrected chi connectivity index (χ2v) is 15.3. The Labute approximate surface area is 341 Å². The van der Waals surface area contributed by atoms with Crippen LogP contribution >= 0.6 is 0 Å². The van der Waals surface area contributed by atoms with E-state index in [9.17, 15) is 0 Å². The summed E-state index contributed by atoms with van der Waals surface area (Å²) in [6, 6.07) is 78.8. The number of hydrogen-bond donors (Lipinski definition) is 0. The first-order valence-electron chi connectivity index (χ1n) is 20.2. The van der Waals surface area contributed by atoms with Gasteiger partial charge in [-0.2, -0.15) is 0 Å². The minimum absolute atomic E-state index is 0.901. The maximum absolute atomic E-state index is 6.25. The Morgan fingerprint density at radius 3 is 1.64 bits per heavy atom. The van der Waals surface area contributed by atoms with E-state index >= 15 is 0 Å². The van der Waals surface area contributed by atoms with Crippen molar-refractivity contribution in [3.8, 4) is 27.9 Å². The molecule has 0 amide bonds. The van der Waals surface area contributed by atoms with Gasteiger partial charge in [-0.1, -0.05) is 146 Å². The first-order valence-corrected chi connectivity index (χ1v) is 20.2. The van der Waals surface area contributed by atoms with E-state index < -0.39 is 0 Å². The molecule has 10 aromatic carbocycles. The van der Waals surface area contributed by atoms with Crippen molar-refractivity contribution in [2.75, 3.05) is 4.90 Å². The van der Waals surface area contributed by atoms with E-state index in [-0.39, 0.29) is 0 Å². The predicted molar refractivity (Wildman–Crippen MR) is 249 cm³/mol. The number of fused-ring (bicyclic) bond motifs is 9. The molecule has 12 aromatic rings. The van der Waals surface area contributed by atoms with Gasteiger partial charge in [-0.25, -0.2) is 0 Å². The van der Waals surface area contributed by atoms with Gasteiger partial charge in [0.2, 0.25) is 0 Å². The predicted octanol–water partition coefficient (Wildman–Crippen LogP) is 15.8. The van der Waals surface area contributed by atoms with Crippen LogP contribution in [-0.4, -0.2) is 4.57 Å². The molecule has 0 aliphatic heterocycles. The molecule has 3 heteroatoms. The summed E-state index contributed by atoms with van der Waals surface area (Å²) < 4.78 is 8.63. The number of nitrogens with zero attached hydrogens (tertiary/aromatic N) is 2. The number of aromatic nitrogens is 1. The molecule has 0 aliphatic carbocycles. The zero-order valence-electron chi connectivity index (χ0n) is 32.1. The van der Waals surface area contributed by atoms with Crippen LogP contribution in [0.2, 0.25) is 0 Å². The quantitative estimate of drug-likeness (QED) is 0.158. The van der Waals surface area contributed by atoms with E-state index in [4.69, 9.17) is 4.42 Å². The molecule has 0 bridgehead atoms. The Morgan fingerprint density at radius 1 is 0.339 bits per heavy atom. The van der Waals surface area contributed by atoms with Crippen LogP contribution < -0.4 is 4.90 Å². The van der Waals surface area contributed by atoms with Gasteiger partial charge in [0.15, 0.2) is 0 Å². The molecule has 0 unspecified atom stereocenters. The Bertz CT molecular complexity index is 3500. The van der Waals surface area contributed by atoms with Crippen molar-refractivity contribution >= 4 is 82.4 Å². The summed E-state index contributed by atoms with van der Waals surface area (Å²) in [5.41, 5.74) is 13.3. The van der Waals surface area contributed by atoms with Crippen LogP contribution in [0.1, 0.15) is 0 Å². The topological polar surface area (TPSA) is 21.3 Å². The highest BCUT2D eigenvalue weighted by molar-refractivity contribution is 6.13. The van der Waals surface area contributed by atoms with Gasteiger partial charge in [0, 0.05) is 44.3 Å². The number of rotatable bonds is 6. The van der Waals surface area contributed by atoms with Crippen LogP contribution in [0.5, 0.6) is 0 Å². The largest absolute Gasteiger partial charge is 0.456 e. The van der Waals surface area contributed by atoms with Gasteiger partial charge in [-0.15, -0.1) is 0 Å². The average Bonchev–Trinajstić information content (AvgIpc) is 3.86. The summed E-state index contributed by atoms with van der Waals surface area (Å²) in [7, 11) is 0. The second kappa shape index (κ2) is 13.4. The number of hydrogen-bond acceptors (Lipinski definition) is 2. The van der Waals surface area contributed by atoms with E-state index in [1.54, 1.807) is 0 Å². The zero-order valence-corrected chi connectivity index (χ0v) is 32.1. The molecular formula is C56H36N2O. The van der Waals surface area contributed by atoms with Crippen LogP contribution in [0.4, 0.5) is 17.1 Å². The van der Waals surface area contributed by atoms with Crippen molar-refractivity contribution in [1.82, 2.24) is 4.57 Å². The Balaban J connectivity index is 0.969. The maximum Gasteiger partial charge on any atom is 0.136 e. The fourth-order valence-corrected chi connectivity index (χ4v) is 9.21. The molecular weight excluding hydrogens is 717 g/mol. The normalized spacial score (nSPS) is 11.7. The first-order chi connectivity index (χ1) is 29.2. The zero-order chi connectivity index (χ0) is 38.9. The minimum Gasteiger partial charge on any atom is -0.456 e. The summed E-state index contributed by atoms with van der Waals surface area (Å²) in [5.74, 6) is 0. The molecule has 0 N–H and O–H groups in total. The van der Waals surface area contributed by atoms with Crippen molar-refractivity contribution in [1.29, 1.82) is 0 Å². The van der Waals surface area contributed by atoms with Gasteiger partial charge < -0.3 is 13.9 Å². The van der Waals surface area contributed by atoms with E-state index in [2.05, 4.69) is 216 Å². The third kappa shape index (κ3) is 5.44. The third-order valence-corrected chi connectivity index (χ3v) is 12.0. The Kier molecular flexibility index (Phi) is 7.54. The van der Waals surface area contributed by atoms with E-state index in [0.717, 1.165) is 61.4 Å². The molecule has 0 spiro atoms. The molecule has 0 fully saturated rings. The van der Waals surface area contributed by atoms with Crippen LogP contribution in [0.3, 0.4) is 0 Å². The van der Waals surface area contributed by atoms with Gasteiger partial charge in [0.1, 0.15) is 11.2 Å². The summed E-state index contributed by atoms with van der Waals surface area (Å²) in [5, 5.41) is 9.75. The Hall–Kier alpha value is -7.88. The SMILES string of the molecule is c1cc(-c2ccc(N(c3ccc(-c4cccc5oc6ccccc6c45)cc3)c3ccc4ccc5ccccc5c4c3)cc2)cc(-n2c3ccccc3c3ccccc32)c1. The van der Waals surface area contributed by atoms with E-state index in [1.807, 2.05) is 12.1 Å². The average molecular weight is 753 g/mol. The maximum atomic E-state index is 6.25. The van der Waals surface area contributed by atoms with Crippen LogP contribution in [0.15, 0.2) is 223 Å². The molecule has 59 heavy (non-hydrogen) atoms. The molecule has 12 rings (SSSR count). The molecule has 0 atom stereocenters. The van der Waals surface area contributed by atoms with Crippen molar-refractivity contribution in [2.45, 2.75) is 0 Å². The lowest BCUT2D eigenvalue weighted by atomic mass is 9.98. The molecule has 0 saturated carbocycles. The monoisotopic (exact) mass is 752 g/mol. The minimum atomic E-state index is 0.901. The molecule has 3 nitrogen and oxygen atoms in total. The number of furan rings is 1. The van der Waals surface area contributed by atoms with Gasteiger partial charge >= 0.3 is 0 Å². The third-order valence-electron chi connectivity index (χ3n) is 12.0. The van der Waals surface area contributed by atoms with Gasteiger partial charge in [-0.3, -0.25) is 0 Å². The van der Waals surface area contributed by atoms with Gasteiger partial charge in [0.05, 0.1) is 11.0 Å². The van der Waals surface area contributed by atoms with Crippen LogP contribution in [0.25, 0.3) is 93.2 Å². The molecule has 2 aromatic heterocycles. The lowest BCUT2D eigenvalue weighted by Crippen LogP contribution is -2.10. The van der Waals surface area contributed by atoms with Crippen molar-refractivity contribution in [2.24, 2.45) is 0 Å². The fraction of sp³-hybridized carbons (Fsp3) is 0. The highest BCUT2D eigenvalue weighted by Gasteiger charge is 2.17. The molecule has 0 saturated heterocycles. The van der Waals surface area contributed by atoms with E-state index in [0.29, 0.717) is 0 Å². The lowest BCUT2D eigenvalue weighted by Gasteiger charge is -2.26. The standard InChI is InChI=1S/C56H36N2O/c1-2-14-46-38(11-1)23-24-40-29-34-45(36-51(40)46)57(43-32-27-39(28-33-43)47-18-10-22-55-56(47)50-17-5-8-21-54(50)59-55)42-30-25-37(26-31-42)41-12-9-13-44(35-41)58-52-19-6-3-15-48(52)49-16-4-7-20-53(49)58/h1-36H. The first kappa shape index (κ1) is 33.3.